The van der Waals surface area contributed by atoms with Crippen LogP contribution in [0.4, 0.5) is 0 Å². The topological polar surface area (TPSA) is 79.5 Å². The molecular formula is C15H19N3O3. The largest absolute Gasteiger partial charge is 0.508 e. The molecule has 2 rings (SSSR count). The van der Waals surface area contributed by atoms with Gasteiger partial charge in [-0.2, -0.15) is 4.98 Å². The summed E-state index contributed by atoms with van der Waals surface area (Å²) in [5, 5.41) is 13.0. The van der Waals surface area contributed by atoms with Gasteiger partial charge in [-0.25, -0.2) is 0 Å². The van der Waals surface area contributed by atoms with E-state index in [0.717, 1.165) is 5.56 Å². The lowest BCUT2D eigenvalue weighted by Gasteiger charge is -2.28. The number of benzene rings is 1. The third-order valence-electron chi connectivity index (χ3n) is 3.29. The summed E-state index contributed by atoms with van der Waals surface area (Å²) in [6.07, 6.45) is 1.83. The van der Waals surface area contributed by atoms with Crippen LogP contribution in [0.1, 0.15) is 25.2 Å². The number of rotatable bonds is 5. The number of aromatic hydroxyl groups is 1. The van der Waals surface area contributed by atoms with Crippen molar-refractivity contribution in [3.8, 4) is 5.75 Å². The van der Waals surface area contributed by atoms with Gasteiger partial charge in [-0.3, -0.25) is 4.79 Å². The summed E-state index contributed by atoms with van der Waals surface area (Å²) < 4.78 is 4.66. The molecule has 6 nitrogen and oxygen atoms in total. The number of phenolic OH excluding ortho intramolecular Hbond substituents is 1. The van der Waals surface area contributed by atoms with Gasteiger partial charge in [-0.1, -0.05) is 31.1 Å². The average Bonchev–Trinajstić information content (AvgIpc) is 2.93. The van der Waals surface area contributed by atoms with Gasteiger partial charge in [0.2, 0.25) is 12.3 Å². The number of hydrogen-bond acceptors (Lipinski definition) is 5. The number of amides is 1. The van der Waals surface area contributed by atoms with E-state index in [0.29, 0.717) is 18.8 Å². The van der Waals surface area contributed by atoms with Crippen LogP contribution in [0.3, 0.4) is 0 Å². The van der Waals surface area contributed by atoms with Crippen molar-refractivity contribution in [2.45, 2.75) is 26.8 Å². The molecule has 0 aliphatic rings. The van der Waals surface area contributed by atoms with E-state index in [9.17, 15) is 9.90 Å². The van der Waals surface area contributed by atoms with Crippen LogP contribution >= 0.6 is 0 Å². The molecule has 0 atom stereocenters. The number of phenols is 1. The molecule has 1 heterocycles. The van der Waals surface area contributed by atoms with Crippen molar-refractivity contribution in [2.75, 3.05) is 7.05 Å². The predicted molar refractivity (Wildman–Crippen MR) is 76.4 cm³/mol. The predicted octanol–water partition coefficient (Wildman–Crippen LogP) is 2.00. The van der Waals surface area contributed by atoms with Crippen molar-refractivity contribution in [1.82, 2.24) is 15.0 Å². The Morgan fingerprint density at radius 2 is 2.00 bits per heavy atom. The summed E-state index contributed by atoms with van der Waals surface area (Å²) in [6, 6.07) is 6.89. The molecule has 1 amide bonds. The summed E-state index contributed by atoms with van der Waals surface area (Å²) in [5.74, 6) is 0.698. The van der Waals surface area contributed by atoms with Gasteiger partial charge in [-0.05, 0) is 24.1 Å². The molecule has 112 valence electrons. The van der Waals surface area contributed by atoms with Gasteiger partial charge >= 0.3 is 0 Å². The van der Waals surface area contributed by atoms with Crippen LogP contribution < -0.4 is 0 Å². The van der Waals surface area contributed by atoms with Crippen molar-refractivity contribution < 1.29 is 14.4 Å². The minimum Gasteiger partial charge on any atom is -0.508 e. The van der Waals surface area contributed by atoms with Gasteiger partial charge in [0, 0.05) is 12.5 Å². The molecule has 1 N–H and O–H groups in total. The Bertz CT molecular complexity index is 591. The van der Waals surface area contributed by atoms with E-state index in [2.05, 4.69) is 14.7 Å². The standard InChI is InChI=1S/C15H19N3O3/c1-15(2,8-11-4-6-12(19)7-5-11)14(20)18(3)9-13-16-10-21-17-13/h4-7,10,19H,8-9H2,1-3H3. The first-order valence-corrected chi connectivity index (χ1v) is 6.67. The van der Waals surface area contributed by atoms with Crippen LogP contribution in [0.2, 0.25) is 0 Å². The minimum absolute atomic E-state index is 0.000347. The number of nitrogens with zero attached hydrogens (tertiary/aromatic N) is 3. The van der Waals surface area contributed by atoms with Crippen LogP contribution in [0.25, 0.3) is 0 Å². The summed E-state index contributed by atoms with van der Waals surface area (Å²) in [5.41, 5.74) is 0.439. The van der Waals surface area contributed by atoms with E-state index < -0.39 is 5.41 Å². The highest BCUT2D eigenvalue weighted by Gasteiger charge is 2.31. The van der Waals surface area contributed by atoms with Gasteiger partial charge in [0.05, 0.1) is 6.54 Å². The van der Waals surface area contributed by atoms with Gasteiger partial charge in [0.1, 0.15) is 5.75 Å². The fraction of sp³-hybridized carbons (Fsp3) is 0.400. The van der Waals surface area contributed by atoms with Crippen molar-refractivity contribution in [1.29, 1.82) is 0 Å². The number of hydrogen-bond donors (Lipinski definition) is 1. The summed E-state index contributed by atoms with van der Waals surface area (Å²) >= 11 is 0. The SMILES string of the molecule is CN(Cc1ncon1)C(=O)C(C)(C)Cc1ccc(O)cc1. The molecular weight excluding hydrogens is 270 g/mol. The van der Waals surface area contributed by atoms with Gasteiger partial charge in [0.15, 0.2) is 5.82 Å². The first-order valence-electron chi connectivity index (χ1n) is 6.67. The maximum atomic E-state index is 12.6. The van der Waals surface area contributed by atoms with E-state index in [4.69, 9.17) is 0 Å². The second-order valence-corrected chi connectivity index (χ2v) is 5.74. The molecule has 6 heteroatoms. The Kier molecular flexibility index (Phi) is 4.26. The first-order chi connectivity index (χ1) is 9.88. The zero-order valence-corrected chi connectivity index (χ0v) is 12.4. The highest BCUT2D eigenvalue weighted by atomic mass is 16.5. The fourth-order valence-corrected chi connectivity index (χ4v) is 2.26. The molecule has 0 saturated carbocycles. The molecule has 0 radical (unpaired) electrons. The smallest absolute Gasteiger partial charge is 0.228 e. The van der Waals surface area contributed by atoms with E-state index in [1.165, 1.54) is 6.39 Å². The molecule has 0 aliphatic heterocycles. The van der Waals surface area contributed by atoms with Crippen LogP contribution in [0, 0.1) is 5.41 Å². The van der Waals surface area contributed by atoms with Crippen LogP contribution in [0.5, 0.6) is 5.75 Å². The number of carbonyl (C=O) groups is 1. The first kappa shape index (κ1) is 15.0. The van der Waals surface area contributed by atoms with Crippen LogP contribution in [0.15, 0.2) is 35.2 Å². The molecule has 1 aromatic heterocycles. The highest BCUT2D eigenvalue weighted by Crippen LogP contribution is 2.25. The molecule has 0 spiro atoms. The molecule has 0 unspecified atom stereocenters. The molecule has 0 fully saturated rings. The average molecular weight is 289 g/mol. The fourth-order valence-electron chi connectivity index (χ4n) is 2.26. The lowest BCUT2D eigenvalue weighted by Crippen LogP contribution is -2.39. The maximum Gasteiger partial charge on any atom is 0.228 e. The van der Waals surface area contributed by atoms with E-state index >= 15 is 0 Å². The van der Waals surface area contributed by atoms with Crippen molar-refractivity contribution in [3.63, 3.8) is 0 Å². The highest BCUT2D eigenvalue weighted by molar-refractivity contribution is 5.82. The number of carbonyl (C=O) groups excluding carboxylic acids is 1. The van der Waals surface area contributed by atoms with Gasteiger partial charge < -0.3 is 14.5 Å². The number of aromatic nitrogens is 2. The lowest BCUT2D eigenvalue weighted by molar-refractivity contribution is -0.139. The van der Waals surface area contributed by atoms with Crippen LogP contribution in [-0.4, -0.2) is 33.1 Å². The van der Waals surface area contributed by atoms with E-state index in [-0.39, 0.29) is 11.7 Å². The van der Waals surface area contributed by atoms with E-state index in [1.54, 1.807) is 24.1 Å². The molecule has 0 aliphatic carbocycles. The van der Waals surface area contributed by atoms with Gasteiger partial charge in [0.25, 0.3) is 0 Å². The van der Waals surface area contributed by atoms with Crippen LogP contribution in [-0.2, 0) is 17.8 Å². The Labute approximate surface area is 123 Å². The maximum absolute atomic E-state index is 12.6. The molecule has 0 saturated heterocycles. The molecule has 1 aromatic carbocycles. The Hall–Kier alpha value is -2.37. The summed E-state index contributed by atoms with van der Waals surface area (Å²) in [4.78, 5) is 18.1. The van der Waals surface area contributed by atoms with Crippen molar-refractivity contribution in [2.24, 2.45) is 5.41 Å². The Balaban J connectivity index is 2.03. The zero-order chi connectivity index (χ0) is 15.5. The van der Waals surface area contributed by atoms with Crippen molar-refractivity contribution >= 4 is 5.91 Å². The lowest BCUT2D eigenvalue weighted by atomic mass is 9.84. The molecule has 2 aromatic rings. The van der Waals surface area contributed by atoms with E-state index in [1.807, 2.05) is 26.0 Å². The zero-order valence-electron chi connectivity index (χ0n) is 12.4. The van der Waals surface area contributed by atoms with Crippen molar-refractivity contribution in [3.05, 3.63) is 42.0 Å². The normalized spacial score (nSPS) is 11.4. The third-order valence-corrected chi connectivity index (χ3v) is 3.29. The quantitative estimate of drug-likeness (QED) is 0.910. The monoisotopic (exact) mass is 289 g/mol. The second-order valence-electron chi connectivity index (χ2n) is 5.74. The molecule has 0 bridgehead atoms. The molecule has 21 heavy (non-hydrogen) atoms. The Morgan fingerprint density at radius 1 is 1.33 bits per heavy atom. The Morgan fingerprint density at radius 3 is 2.57 bits per heavy atom. The summed E-state index contributed by atoms with van der Waals surface area (Å²) in [7, 11) is 1.72. The minimum atomic E-state index is -0.560. The van der Waals surface area contributed by atoms with Gasteiger partial charge in [-0.15, -0.1) is 0 Å². The summed E-state index contributed by atoms with van der Waals surface area (Å²) in [6.45, 7) is 4.11. The second kappa shape index (κ2) is 5.95. The third kappa shape index (κ3) is 3.81.